The highest BCUT2D eigenvalue weighted by Gasteiger charge is 2.05. The SMILES string of the molecule is CCCCc1ccc(NC(=O)c2cccnc2)cc1. The molecule has 0 bridgehead atoms. The van der Waals surface area contributed by atoms with Gasteiger partial charge in [-0.1, -0.05) is 25.5 Å². The molecule has 0 radical (unpaired) electrons. The summed E-state index contributed by atoms with van der Waals surface area (Å²) in [4.78, 5) is 15.9. The maximum atomic E-state index is 11.9. The highest BCUT2D eigenvalue weighted by molar-refractivity contribution is 6.03. The number of aryl methyl sites for hydroxylation is 1. The molecule has 3 heteroatoms. The predicted octanol–water partition coefficient (Wildman–Crippen LogP) is 3.68. The van der Waals surface area contributed by atoms with E-state index in [1.807, 2.05) is 12.1 Å². The zero-order chi connectivity index (χ0) is 13.5. The number of rotatable bonds is 5. The maximum Gasteiger partial charge on any atom is 0.257 e. The molecule has 1 aromatic heterocycles. The number of carbonyl (C=O) groups is 1. The van der Waals surface area contributed by atoms with Gasteiger partial charge in [-0.3, -0.25) is 9.78 Å². The van der Waals surface area contributed by atoms with Crippen LogP contribution in [0.2, 0.25) is 0 Å². The molecular formula is C16H18N2O. The van der Waals surface area contributed by atoms with Crippen LogP contribution in [-0.2, 0) is 6.42 Å². The first kappa shape index (κ1) is 13.3. The Morgan fingerprint density at radius 2 is 2.00 bits per heavy atom. The van der Waals surface area contributed by atoms with E-state index in [0.29, 0.717) is 5.56 Å². The fourth-order valence-corrected chi connectivity index (χ4v) is 1.84. The van der Waals surface area contributed by atoms with Crippen LogP contribution in [0.1, 0.15) is 35.7 Å². The van der Waals surface area contributed by atoms with Gasteiger partial charge in [0, 0.05) is 18.1 Å². The minimum Gasteiger partial charge on any atom is -0.322 e. The van der Waals surface area contributed by atoms with Crippen LogP contribution in [0, 0.1) is 0 Å². The lowest BCUT2D eigenvalue weighted by atomic mass is 10.1. The van der Waals surface area contributed by atoms with Gasteiger partial charge in [-0.2, -0.15) is 0 Å². The van der Waals surface area contributed by atoms with Crippen LogP contribution in [0.3, 0.4) is 0 Å². The molecule has 1 heterocycles. The Morgan fingerprint density at radius 1 is 1.21 bits per heavy atom. The van der Waals surface area contributed by atoms with E-state index >= 15 is 0 Å². The van der Waals surface area contributed by atoms with Crippen molar-refractivity contribution >= 4 is 11.6 Å². The topological polar surface area (TPSA) is 42.0 Å². The van der Waals surface area contributed by atoms with Gasteiger partial charge in [-0.15, -0.1) is 0 Å². The number of aromatic nitrogens is 1. The lowest BCUT2D eigenvalue weighted by molar-refractivity contribution is 0.102. The molecule has 19 heavy (non-hydrogen) atoms. The molecule has 0 aliphatic rings. The summed E-state index contributed by atoms with van der Waals surface area (Å²) in [6, 6.07) is 11.5. The van der Waals surface area contributed by atoms with Crippen LogP contribution in [0.15, 0.2) is 48.8 Å². The summed E-state index contributed by atoms with van der Waals surface area (Å²) >= 11 is 0. The number of anilines is 1. The first-order valence-electron chi connectivity index (χ1n) is 6.60. The van der Waals surface area contributed by atoms with Crippen molar-refractivity contribution in [3.8, 4) is 0 Å². The molecule has 98 valence electrons. The second kappa shape index (κ2) is 6.69. The van der Waals surface area contributed by atoms with E-state index in [1.165, 1.54) is 18.4 Å². The molecule has 2 rings (SSSR count). The molecule has 0 unspecified atom stereocenters. The summed E-state index contributed by atoms with van der Waals surface area (Å²) < 4.78 is 0. The number of hydrogen-bond donors (Lipinski definition) is 1. The van der Waals surface area contributed by atoms with Gasteiger partial charge in [-0.25, -0.2) is 0 Å². The zero-order valence-corrected chi connectivity index (χ0v) is 11.1. The summed E-state index contributed by atoms with van der Waals surface area (Å²) in [5.41, 5.74) is 2.69. The molecular weight excluding hydrogens is 236 g/mol. The van der Waals surface area contributed by atoms with Gasteiger partial charge in [-0.05, 0) is 42.7 Å². The van der Waals surface area contributed by atoms with Crippen molar-refractivity contribution in [1.82, 2.24) is 4.98 Å². The van der Waals surface area contributed by atoms with Gasteiger partial charge in [0.1, 0.15) is 0 Å². The van der Waals surface area contributed by atoms with Gasteiger partial charge >= 0.3 is 0 Å². The number of nitrogens with one attached hydrogen (secondary N) is 1. The molecule has 0 spiro atoms. The number of hydrogen-bond acceptors (Lipinski definition) is 2. The van der Waals surface area contributed by atoms with Crippen molar-refractivity contribution in [1.29, 1.82) is 0 Å². The van der Waals surface area contributed by atoms with E-state index < -0.39 is 0 Å². The Morgan fingerprint density at radius 3 is 2.63 bits per heavy atom. The molecule has 1 aromatic carbocycles. The minimum absolute atomic E-state index is 0.130. The van der Waals surface area contributed by atoms with E-state index in [1.54, 1.807) is 24.5 Å². The number of unbranched alkanes of at least 4 members (excludes halogenated alkanes) is 1. The van der Waals surface area contributed by atoms with Crippen molar-refractivity contribution in [3.63, 3.8) is 0 Å². The maximum absolute atomic E-state index is 11.9. The third-order valence-corrected chi connectivity index (χ3v) is 2.95. The smallest absolute Gasteiger partial charge is 0.257 e. The number of nitrogens with zero attached hydrogens (tertiary/aromatic N) is 1. The zero-order valence-electron chi connectivity index (χ0n) is 11.1. The van der Waals surface area contributed by atoms with Gasteiger partial charge in [0.2, 0.25) is 0 Å². The van der Waals surface area contributed by atoms with Crippen LogP contribution in [-0.4, -0.2) is 10.9 Å². The van der Waals surface area contributed by atoms with Gasteiger partial charge in [0.15, 0.2) is 0 Å². The number of amides is 1. The van der Waals surface area contributed by atoms with E-state index in [9.17, 15) is 4.79 Å². The second-order valence-corrected chi connectivity index (χ2v) is 4.50. The molecule has 0 fully saturated rings. The first-order chi connectivity index (χ1) is 9.29. The molecule has 0 aliphatic heterocycles. The quantitative estimate of drug-likeness (QED) is 0.884. The van der Waals surface area contributed by atoms with Crippen molar-refractivity contribution in [2.75, 3.05) is 5.32 Å². The first-order valence-corrected chi connectivity index (χ1v) is 6.60. The molecule has 3 nitrogen and oxygen atoms in total. The van der Waals surface area contributed by atoms with Crippen LogP contribution in [0.4, 0.5) is 5.69 Å². The largest absolute Gasteiger partial charge is 0.322 e. The van der Waals surface area contributed by atoms with E-state index in [0.717, 1.165) is 12.1 Å². The average molecular weight is 254 g/mol. The van der Waals surface area contributed by atoms with Gasteiger partial charge in [0.05, 0.1) is 5.56 Å². The van der Waals surface area contributed by atoms with Crippen molar-refractivity contribution < 1.29 is 4.79 Å². The molecule has 0 aliphatic carbocycles. The van der Waals surface area contributed by atoms with Crippen molar-refractivity contribution in [3.05, 3.63) is 59.9 Å². The Bertz CT molecular complexity index is 520. The molecule has 0 atom stereocenters. The second-order valence-electron chi connectivity index (χ2n) is 4.50. The Balaban J connectivity index is 1.98. The molecule has 1 amide bonds. The molecule has 2 aromatic rings. The number of benzene rings is 1. The van der Waals surface area contributed by atoms with E-state index in [2.05, 4.69) is 29.4 Å². The van der Waals surface area contributed by atoms with Gasteiger partial charge in [0.25, 0.3) is 5.91 Å². The monoisotopic (exact) mass is 254 g/mol. The van der Waals surface area contributed by atoms with Crippen molar-refractivity contribution in [2.45, 2.75) is 26.2 Å². The third-order valence-electron chi connectivity index (χ3n) is 2.95. The van der Waals surface area contributed by atoms with Crippen LogP contribution < -0.4 is 5.32 Å². The van der Waals surface area contributed by atoms with Crippen LogP contribution in [0.5, 0.6) is 0 Å². The third kappa shape index (κ3) is 3.91. The van der Waals surface area contributed by atoms with Gasteiger partial charge < -0.3 is 5.32 Å². The highest BCUT2D eigenvalue weighted by atomic mass is 16.1. The Kier molecular flexibility index (Phi) is 4.67. The van der Waals surface area contributed by atoms with E-state index in [-0.39, 0.29) is 5.91 Å². The summed E-state index contributed by atoms with van der Waals surface area (Å²) in [7, 11) is 0. The fraction of sp³-hybridized carbons (Fsp3) is 0.250. The predicted molar refractivity (Wildman–Crippen MR) is 77.2 cm³/mol. The van der Waals surface area contributed by atoms with Crippen LogP contribution >= 0.6 is 0 Å². The number of carbonyl (C=O) groups excluding carboxylic acids is 1. The summed E-state index contributed by atoms with van der Waals surface area (Å²) in [6.45, 7) is 2.18. The normalized spacial score (nSPS) is 10.2. The average Bonchev–Trinajstić information content (AvgIpc) is 2.47. The number of pyridine rings is 1. The molecule has 0 saturated carbocycles. The lowest BCUT2D eigenvalue weighted by Crippen LogP contribution is -2.11. The Hall–Kier alpha value is -2.16. The summed E-state index contributed by atoms with van der Waals surface area (Å²) in [5, 5.41) is 2.86. The summed E-state index contributed by atoms with van der Waals surface area (Å²) in [6.07, 6.45) is 6.69. The Labute approximate surface area is 113 Å². The fourth-order valence-electron chi connectivity index (χ4n) is 1.84. The molecule has 1 N–H and O–H groups in total. The lowest BCUT2D eigenvalue weighted by Gasteiger charge is -2.06. The van der Waals surface area contributed by atoms with Crippen molar-refractivity contribution in [2.24, 2.45) is 0 Å². The molecule has 0 saturated heterocycles. The van der Waals surface area contributed by atoms with Crippen LogP contribution in [0.25, 0.3) is 0 Å². The highest BCUT2D eigenvalue weighted by Crippen LogP contribution is 2.12. The minimum atomic E-state index is -0.130. The summed E-state index contributed by atoms with van der Waals surface area (Å²) in [5.74, 6) is -0.130. The standard InChI is InChI=1S/C16H18N2O/c1-2-3-5-13-7-9-15(10-8-13)18-16(19)14-6-4-11-17-12-14/h4,6-12H,2-3,5H2,1H3,(H,18,19). The van der Waals surface area contributed by atoms with E-state index in [4.69, 9.17) is 0 Å².